The van der Waals surface area contributed by atoms with Gasteiger partial charge in [-0.2, -0.15) is 0 Å². The molecule has 0 amide bonds. The fraction of sp³-hybridized carbons (Fsp3) is 0.200. The first kappa shape index (κ1) is 11.3. The standard InChI is InChI=1S/C15H15N5/c16-14-13(19-15(20(14)17)9-5-6-9)12-8-18-7-10-3-1-2-4-11(10)12/h1-4,7-9H,5-6,16-17H2. The Morgan fingerprint density at radius 1 is 1.15 bits per heavy atom. The van der Waals surface area contributed by atoms with Crippen molar-refractivity contribution in [1.82, 2.24) is 14.6 Å². The summed E-state index contributed by atoms with van der Waals surface area (Å²) >= 11 is 0. The summed E-state index contributed by atoms with van der Waals surface area (Å²) in [5.74, 6) is 7.88. The van der Waals surface area contributed by atoms with Gasteiger partial charge in [0.1, 0.15) is 11.5 Å². The van der Waals surface area contributed by atoms with Crippen LogP contribution in [0.15, 0.2) is 36.7 Å². The number of pyridine rings is 1. The van der Waals surface area contributed by atoms with E-state index in [-0.39, 0.29) is 0 Å². The molecule has 2 aromatic heterocycles. The largest absolute Gasteiger partial charge is 0.382 e. The molecule has 5 nitrogen and oxygen atoms in total. The van der Waals surface area contributed by atoms with Gasteiger partial charge in [-0.05, 0) is 18.2 Å². The number of fused-ring (bicyclic) bond motifs is 1. The molecule has 1 aromatic carbocycles. The number of hydrogen-bond acceptors (Lipinski definition) is 4. The van der Waals surface area contributed by atoms with Gasteiger partial charge in [0.15, 0.2) is 5.82 Å². The molecule has 0 aliphatic heterocycles. The van der Waals surface area contributed by atoms with Crippen LogP contribution in [0.25, 0.3) is 22.0 Å². The number of nitrogen functional groups attached to an aromatic ring is 2. The summed E-state index contributed by atoms with van der Waals surface area (Å²) in [6, 6.07) is 8.08. The van der Waals surface area contributed by atoms with E-state index in [0.717, 1.165) is 40.7 Å². The molecule has 1 aliphatic rings. The fourth-order valence-corrected chi connectivity index (χ4v) is 2.60. The van der Waals surface area contributed by atoms with Gasteiger partial charge in [-0.3, -0.25) is 4.98 Å². The van der Waals surface area contributed by atoms with Gasteiger partial charge >= 0.3 is 0 Å². The Hall–Kier alpha value is -2.56. The Kier molecular flexibility index (Phi) is 2.24. The van der Waals surface area contributed by atoms with E-state index in [4.69, 9.17) is 11.6 Å². The molecule has 4 rings (SSSR count). The second-order valence-electron chi connectivity index (χ2n) is 5.26. The van der Waals surface area contributed by atoms with E-state index in [1.807, 2.05) is 24.4 Å². The van der Waals surface area contributed by atoms with E-state index in [1.165, 1.54) is 4.68 Å². The second kappa shape index (κ2) is 3.96. The van der Waals surface area contributed by atoms with Gasteiger partial charge in [0.05, 0.1) is 0 Å². The summed E-state index contributed by atoms with van der Waals surface area (Å²) in [6.45, 7) is 0. The van der Waals surface area contributed by atoms with Crippen LogP contribution in [-0.4, -0.2) is 14.6 Å². The second-order valence-corrected chi connectivity index (χ2v) is 5.26. The van der Waals surface area contributed by atoms with E-state index in [9.17, 15) is 0 Å². The maximum atomic E-state index is 6.14. The zero-order chi connectivity index (χ0) is 13.7. The summed E-state index contributed by atoms with van der Waals surface area (Å²) in [7, 11) is 0. The first-order valence-corrected chi connectivity index (χ1v) is 6.72. The number of anilines is 1. The van der Waals surface area contributed by atoms with Crippen molar-refractivity contribution in [2.45, 2.75) is 18.8 Å². The first-order valence-electron chi connectivity index (χ1n) is 6.72. The van der Waals surface area contributed by atoms with Crippen LogP contribution < -0.4 is 11.6 Å². The molecule has 3 aromatic rings. The maximum Gasteiger partial charge on any atom is 0.150 e. The Labute approximate surface area is 116 Å². The van der Waals surface area contributed by atoms with E-state index >= 15 is 0 Å². The molecular weight excluding hydrogens is 250 g/mol. The Morgan fingerprint density at radius 3 is 2.75 bits per heavy atom. The lowest BCUT2D eigenvalue weighted by Gasteiger charge is -2.04. The summed E-state index contributed by atoms with van der Waals surface area (Å²) in [5.41, 5.74) is 7.81. The van der Waals surface area contributed by atoms with Gasteiger partial charge in [-0.25, -0.2) is 9.66 Å². The Morgan fingerprint density at radius 2 is 1.95 bits per heavy atom. The molecule has 1 aliphatic carbocycles. The molecule has 20 heavy (non-hydrogen) atoms. The van der Waals surface area contributed by atoms with Crippen molar-refractivity contribution in [2.24, 2.45) is 0 Å². The number of rotatable bonds is 2. The van der Waals surface area contributed by atoms with Crippen LogP contribution in [0.4, 0.5) is 5.82 Å². The molecule has 1 fully saturated rings. The summed E-state index contributed by atoms with van der Waals surface area (Å²) in [6.07, 6.45) is 5.93. The van der Waals surface area contributed by atoms with Crippen LogP contribution in [0.5, 0.6) is 0 Å². The predicted octanol–water partition coefficient (Wildman–Crippen LogP) is 2.27. The third-order valence-corrected chi connectivity index (χ3v) is 3.84. The quantitative estimate of drug-likeness (QED) is 0.696. The van der Waals surface area contributed by atoms with Gasteiger partial charge in [0, 0.05) is 29.3 Å². The van der Waals surface area contributed by atoms with Gasteiger partial charge in [0.25, 0.3) is 0 Å². The van der Waals surface area contributed by atoms with Crippen molar-refractivity contribution in [2.75, 3.05) is 11.6 Å². The number of nitrogens with two attached hydrogens (primary N) is 2. The topological polar surface area (TPSA) is 82.8 Å². The normalized spacial score (nSPS) is 14.8. The summed E-state index contributed by atoms with van der Waals surface area (Å²) < 4.78 is 1.52. The van der Waals surface area contributed by atoms with Gasteiger partial charge in [0.2, 0.25) is 0 Å². The molecule has 1 saturated carbocycles. The first-order chi connectivity index (χ1) is 9.75. The third kappa shape index (κ3) is 1.56. The molecule has 0 spiro atoms. The monoisotopic (exact) mass is 265 g/mol. The van der Waals surface area contributed by atoms with Crippen LogP contribution in [0.3, 0.4) is 0 Å². The summed E-state index contributed by atoms with van der Waals surface area (Å²) in [5, 5.41) is 2.17. The van der Waals surface area contributed by atoms with Crippen molar-refractivity contribution in [3.05, 3.63) is 42.5 Å². The highest BCUT2D eigenvalue weighted by Crippen LogP contribution is 2.41. The van der Waals surface area contributed by atoms with Crippen LogP contribution in [0.1, 0.15) is 24.6 Å². The number of nitrogens with zero attached hydrogens (tertiary/aromatic N) is 3. The van der Waals surface area contributed by atoms with E-state index in [2.05, 4.69) is 16.0 Å². The molecule has 4 N–H and O–H groups in total. The van der Waals surface area contributed by atoms with E-state index in [0.29, 0.717) is 11.7 Å². The lowest BCUT2D eigenvalue weighted by Crippen LogP contribution is -2.14. The summed E-state index contributed by atoms with van der Waals surface area (Å²) in [4.78, 5) is 8.95. The lowest BCUT2D eigenvalue weighted by molar-refractivity contribution is 0.855. The Bertz CT molecular complexity index is 796. The van der Waals surface area contributed by atoms with Gasteiger partial charge < -0.3 is 11.6 Å². The molecule has 2 heterocycles. The van der Waals surface area contributed by atoms with Crippen LogP contribution in [0, 0.1) is 0 Å². The third-order valence-electron chi connectivity index (χ3n) is 3.84. The van der Waals surface area contributed by atoms with Crippen molar-refractivity contribution < 1.29 is 0 Å². The zero-order valence-electron chi connectivity index (χ0n) is 11.0. The molecule has 0 saturated heterocycles. The molecule has 0 atom stereocenters. The molecular formula is C15H15N5. The molecule has 0 bridgehead atoms. The van der Waals surface area contributed by atoms with Crippen molar-refractivity contribution in [3.63, 3.8) is 0 Å². The number of hydrogen-bond donors (Lipinski definition) is 2. The van der Waals surface area contributed by atoms with E-state index in [1.54, 1.807) is 6.20 Å². The van der Waals surface area contributed by atoms with Crippen LogP contribution in [-0.2, 0) is 0 Å². The maximum absolute atomic E-state index is 6.14. The highest BCUT2D eigenvalue weighted by atomic mass is 15.4. The Balaban J connectivity index is 1.97. The molecule has 100 valence electrons. The average Bonchev–Trinajstić information content (AvgIpc) is 3.27. The highest BCUT2D eigenvalue weighted by Gasteiger charge is 2.30. The zero-order valence-corrected chi connectivity index (χ0v) is 11.0. The highest BCUT2D eigenvalue weighted by molar-refractivity contribution is 5.96. The lowest BCUT2D eigenvalue weighted by atomic mass is 10.1. The van der Waals surface area contributed by atoms with Crippen LogP contribution in [0.2, 0.25) is 0 Å². The molecule has 5 heteroatoms. The molecule has 0 unspecified atom stereocenters. The molecule has 0 radical (unpaired) electrons. The van der Waals surface area contributed by atoms with E-state index < -0.39 is 0 Å². The minimum atomic E-state index is 0.457. The van der Waals surface area contributed by atoms with Crippen molar-refractivity contribution in [1.29, 1.82) is 0 Å². The smallest absolute Gasteiger partial charge is 0.150 e. The minimum absolute atomic E-state index is 0.457. The average molecular weight is 265 g/mol. The number of imidazole rings is 1. The van der Waals surface area contributed by atoms with Gasteiger partial charge in [-0.15, -0.1) is 0 Å². The van der Waals surface area contributed by atoms with Crippen LogP contribution >= 0.6 is 0 Å². The SMILES string of the molecule is Nc1c(-c2cncc3ccccc23)nc(C2CC2)n1N. The van der Waals surface area contributed by atoms with Crippen molar-refractivity contribution >= 4 is 16.6 Å². The van der Waals surface area contributed by atoms with Gasteiger partial charge in [-0.1, -0.05) is 24.3 Å². The fourth-order valence-electron chi connectivity index (χ4n) is 2.60. The number of aromatic nitrogens is 3. The number of benzene rings is 1. The predicted molar refractivity (Wildman–Crippen MR) is 79.5 cm³/mol. The van der Waals surface area contributed by atoms with Crippen molar-refractivity contribution in [3.8, 4) is 11.3 Å². The minimum Gasteiger partial charge on any atom is -0.382 e.